The average Bonchev–Trinajstić information content (AvgIpc) is 2.70. The quantitative estimate of drug-likeness (QED) is 0.600. The molecule has 0 saturated heterocycles. The van der Waals surface area contributed by atoms with Gasteiger partial charge in [-0.15, -0.1) is 0 Å². The summed E-state index contributed by atoms with van der Waals surface area (Å²) in [6.07, 6.45) is 0. The first-order valence-electron chi connectivity index (χ1n) is 8.63. The zero-order valence-corrected chi connectivity index (χ0v) is 16.4. The Hall–Kier alpha value is -2.92. The van der Waals surface area contributed by atoms with Crippen LogP contribution in [0, 0.1) is 0 Å². The van der Waals surface area contributed by atoms with E-state index < -0.39 is 0 Å². The summed E-state index contributed by atoms with van der Waals surface area (Å²) in [5, 5.41) is 2.85. The Balaban J connectivity index is 1.74. The normalized spacial score (nSPS) is 10.3. The monoisotopic (exact) mass is 422 g/mol. The minimum Gasteiger partial charge on any atom is -0.322 e. The Kier molecular flexibility index (Phi) is 6.04. The molecule has 0 radical (unpaired) electrons. The van der Waals surface area contributed by atoms with Crippen molar-refractivity contribution >= 4 is 39.1 Å². The summed E-state index contributed by atoms with van der Waals surface area (Å²) in [7, 11) is 0. The number of rotatable bonds is 5. The summed E-state index contributed by atoms with van der Waals surface area (Å²) in [4.78, 5) is 26.9. The summed E-state index contributed by atoms with van der Waals surface area (Å²) in [6.45, 7) is 2.51. The van der Waals surface area contributed by atoms with E-state index in [2.05, 4.69) is 21.2 Å². The maximum atomic E-state index is 12.8. The van der Waals surface area contributed by atoms with Crippen molar-refractivity contribution in [2.45, 2.75) is 6.92 Å². The number of para-hydroxylation sites is 1. The highest BCUT2D eigenvalue weighted by Crippen LogP contribution is 2.20. The Morgan fingerprint density at radius 2 is 1.52 bits per heavy atom. The third-order valence-electron chi connectivity index (χ3n) is 4.14. The molecule has 4 nitrogen and oxygen atoms in total. The third-order valence-corrected chi connectivity index (χ3v) is 4.83. The van der Waals surface area contributed by atoms with Crippen molar-refractivity contribution in [1.82, 2.24) is 0 Å². The number of amides is 2. The second-order valence-electron chi connectivity index (χ2n) is 5.90. The maximum Gasteiger partial charge on any atom is 0.258 e. The molecule has 0 aliphatic rings. The van der Waals surface area contributed by atoms with Crippen molar-refractivity contribution in [2.75, 3.05) is 16.8 Å². The van der Waals surface area contributed by atoms with Gasteiger partial charge in [0, 0.05) is 28.0 Å². The fourth-order valence-electron chi connectivity index (χ4n) is 2.75. The second-order valence-corrected chi connectivity index (χ2v) is 6.75. The second kappa shape index (κ2) is 8.64. The van der Waals surface area contributed by atoms with Gasteiger partial charge in [0.2, 0.25) is 0 Å². The van der Waals surface area contributed by atoms with E-state index in [0.29, 0.717) is 23.4 Å². The summed E-state index contributed by atoms with van der Waals surface area (Å²) < 4.78 is 0.732. The molecule has 0 spiro atoms. The van der Waals surface area contributed by atoms with Gasteiger partial charge in [-0.25, -0.2) is 0 Å². The van der Waals surface area contributed by atoms with E-state index in [4.69, 9.17) is 0 Å². The smallest absolute Gasteiger partial charge is 0.258 e. The van der Waals surface area contributed by atoms with E-state index >= 15 is 0 Å². The lowest BCUT2D eigenvalue weighted by Gasteiger charge is -2.21. The molecular weight excluding hydrogens is 404 g/mol. The highest BCUT2D eigenvalue weighted by atomic mass is 79.9. The maximum absolute atomic E-state index is 12.8. The number of hydrogen-bond donors (Lipinski definition) is 1. The van der Waals surface area contributed by atoms with Gasteiger partial charge in [0.1, 0.15) is 0 Å². The van der Waals surface area contributed by atoms with Crippen LogP contribution in [0.4, 0.5) is 11.4 Å². The fraction of sp³-hybridized carbons (Fsp3) is 0.0909. The van der Waals surface area contributed by atoms with Gasteiger partial charge in [-0.3, -0.25) is 9.59 Å². The van der Waals surface area contributed by atoms with Crippen molar-refractivity contribution in [3.63, 3.8) is 0 Å². The average molecular weight is 423 g/mol. The minimum absolute atomic E-state index is 0.0765. The molecular formula is C22H19BrN2O2. The van der Waals surface area contributed by atoms with Crippen LogP contribution in [0.15, 0.2) is 83.3 Å². The topological polar surface area (TPSA) is 49.4 Å². The first kappa shape index (κ1) is 18.9. The molecule has 1 N–H and O–H groups in total. The summed E-state index contributed by atoms with van der Waals surface area (Å²) in [5.74, 6) is -0.284. The van der Waals surface area contributed by atoms with Crippen LogP contribution in [-0.4, -0.2) is 18.4 Å². The van der Waals surface area contributed by atoms with Crippen LogP contribution in [0.25, 0.3) is 0 Å². The first-order chi connectivity index (χ1) is 13.1. The number of carbonyl (C=O) groups excluding carboxylic acids is 2. The number of carbonyl (C=O) groups is 2. The number of nitrogens with zero attached hydrogens (tertiary/aromatic N) is 1. The standard InChI is InChI=1S/C22H19BrN2O2/c1-2-25(18-8-4-3-5-9-18)22(27)16-12-14-17(15-13-16)24-21(26)19-10-6-7-11-20(19)23/h3-15H,2H2,1H3,(H,24,26). The van der Waals surface area contributed by atoms with E-state index in [1.54, 1.807) is 35.2 Å². The van der Waals surface area contributed by atoms with E-state index in [1.165, 1.54) is 0 Å². The van der Waals surface area contributed by atoms with Gasteiger partial charge < -0.3 is 10.2 Å². The minimum atomic E-state index is -0.207. The van der Waals surface area contributed by atoms with E-state index in [1.807, 2.05) is 55.5 Å². The van der Waals surface area contributed by atoms with Crippen LogP contribution >= 0.6 is 15.9 Å². The molecule has 2 amide bonds. The van der Waals surface area contributed by atoms with Crippen LogP contribution in [0.5, 0.6) is 0 Å². The summed E-state index contributed by atoms with van der Waals surface area (Å²) >= 11 is 3.38. The number of benzene rings is 3. The molecule has 0 fully saturated rings. The first-order valence-corrected chi connectivity index (χ1v) is 9.42. The Morgan fingerprint density at radius 3 is 2.15 bits per heavy atom. The molecule has 3 aromatic rings. The van der Waals surface area contributed by atoms with E-state index in [9.17, 15) is 9.59 Å². The molecule has 0 aromatic heterocycles. The van der Waals surface area contributed by atoms with Crippen molar-refractivity contribution < 1.29 is 9.59 Å². The Morgan fingerprint density at radius 1 is 0.889 bits per heavy atom. The SMILES string of the molecule is CCN(C(=O)c1ccc(NC(=O)c2ccccc2Br)cc1)c1ccccc1. The number of hydrogen-bond acceptors (Lipinski definition) is 2. The fourth-order valence-corrected chi connectivity index (χ4v) is 3.21. The third kappa shape index (κ3) is 4.44. The molecule has 3 rings (SSSR count). The van der Waals surface area contributed by atoms with Crippen LogP contribution in [0.2, 0.25) is 0 Å². The van der Waals surface area contributed by atoms with E-state index in [-0.39, 0.29) is 11.8 Å². The van der Waals surface area contributed by atoms with Gasteiger partial charge >= 0.3 is 0 Å². The predicted molar refractivity (Wildman–Crippen MR) is 112 cm³/mol. The highest BCUT2D eigenvalue weighted by Gasteiger charge is 2.16. The van der Waals surface area contributed by atoms with Crippen molar-refractivity contribution in [3.05, 3.63) is 94.5 Å². The van der Waals surface area contributed by atoms with Crippen LogP contribution in [0.1, 0.15) is 27.6 Å². The van der Waals surface area contributed by atoms with Gasteiger partial charge in [0.25, 0.3) is 11.8 Å². The van der Waals surface area contributed by atoms with Gasteiger partial charge in [-0.05, 0) is 71.4 Å². The number of nitrogens with one attached hydrogen (secondary N) is 1. The van der Waals surface area contributed by atoms with Crippen LogP contribution < -0.4 is 10.2 Å². The predicted octanol–water partition coefficient (Wildman–Crippen LogP) is 5.37. The van der Waals surface area contributed by atoms with Gasteiger partial charge in [0.15, 0.2) is 0 Å². The van der Waals surface area contributed by atoms with Crippen molar-refractivity contribution in [3.8, 4) is 0 Å². The molecule has 0 aliphatic carbocycles. The summed E-state index contributed by atoms with van der Waals surface area (Å²) in [5.41, 5.74) is 2.62. The van der Waals surface area contributed by atoms with Gasteiger partial charge in [-0.1, -0.05) is 30.3 Å². The van der Waals surface area contributed by atoms with Crippen LogP contribution in [0.3, 0.4) is 0 Å². The molecule has 0 atom stereocenters. The lowest BCUT2D eigenvalue weighted by Crippen LogP contribution is -2.30. The van der Waals surface area contributed by atoms with Gasteiger partial charge in [-0.2, -0.15) is 0 Å². The zero-order chi connectivity index (χ0) is 19.2. The molecule has 27 heavy (non-hydrogen) atoms. The molecule has 5 heteroatoms. The Bertz CT molecular complexity index is 940. The molecule has 3 aromatic carbocycles. The molecule has 0 saturated carbocycles. The van der Waals surface area contributed by atoms with Crippen molar-refractivity contribution in [2.24, 2.45) is 0 Å². The molecule has 0 unspecified atom stereocenters. The van der Waals surface area contributed by atoms with Crippen LogP contribution in [-0.2, 0) is 0 Å². The molecule has 0 heterocycles. The lowest BCUT2D eigenvalue weighted by atomic mass is 10.1. The Labute approximate surface area is 167 Å². The summed E-state index contributed by atoms with van der Waals surface area (Å²) in [6, 6.07) is 23.7. The van der Waals surface area contributed by atoms with E-state index in [0.717, 1.165) is 10.2 Å². The lowest BCUT2D eigenvalue weighted by molar-refractivity contribution is 0.0987. The largest absolute Gasteiger partial charge is 0.322 e. The number of halogens is 1. The molecule has 0 aliphatic heterocycles. The van der Waals surface area contributed by atoms with Crippen molar-refractivity contribution in [1.29, 1.82) is 0 Å². The molecule has 0 bridgehead atoms. The number of anilines is 2. The zero-order valence-electron chi connectivity index (χ0n) is 14.9. The van der Waals surface area contributed by atoms with Gasteiger partial charge in [0.05, 0.1) is 5.56 Å². The highest BCUT2D eigenvalue weighted by molar-refractivity contribution is 9.10. The molecule has 136 valence electrons.